The standard InChI is InChI=1S/C16H22N2O5S/c1-5-24(21,22)9-8-18-14(19)16(3,17-15(18)20)12-10-11(2)6-7-13(12)23-4/h6-7,10H,5,8-9H2,1-4H3,(H,17,20)/t16-/m1/s1. The molecule has 1 aromatic carbocycles. The van der Waals surface area contributed by atoms with Crippen LogP contribution in [0, 0.1) is 6.92 Å². The fraction of sp³-hybridized carbons (Fsp3) is 0.500. The first-order valence-electron chi connectivity index (χ1n) is 7.64. The van der Waals surface area contributed by atoms with E-state index in [0.717, 1.165) is 10.5 Å². The molecule has 1 heterocycles. The van der Waals surface area contributed by atoms with Gasteiger partial charge in [0.2, 0.25) is 0 Å². The summed E-state index contributed by atoms with van der Waals surface area (Å²) >= 11 is 0. The van der Waals surface area contributed by atoms with Crippen LogP contribution in [-0.2, 0) is 20.2 Å². The highest BCUT2D eigenvalue weighted by Crippen LogP contribution is 2.35. The monoisotopic (exact) mass is 354 g/mol. The number of urea groups is 1. The number of hydrogen-bond acceptors (Lipinski definition) is 5. The zero-order valence-corrected chi connectivity index (χ0v) is 15.1. The lowest BCUT2D eigenvalue weighted by atomic mass is 9.90. The minimum atomic E-state index is -3.27. The Labute approximate surface area is 141 Å². The fourth-order valence-electron chi connectivity index (χ4n) is 2.67. The van der Waals surface area contributed by atoms with E-state index in [1.165, 1.54) is 14.0 Å². The molecule has 0 aliphatic carbocycles. The van der Waals surface area contributed by atoms with Gasteiger partial charge in [-0.05, 0) is 26.0 Å². The second kappa shape index (κ2) is 6.43. The van der Waals surface area contributed by atoms with E-state index in [9.17, 15) is 18.0 Å². The van der Waals surface area contributed by atoms with Gasteiger partial charge in [-0.1, -0.05) is 18.6 Å². The third kappa shape index (κ3) is 3.24. The maximum atomic E-state index is 12.8. The number of nitrogens with zero attached hydrogens (tertiary/aromatic N) is 1. The molecule has 2 rings (SSSR count). The Hall–Kier alpha value is -2.09. The number of aryl methyl sites for hydroxylation is 1. The largest absolute Gasteiger partial charge is 0.496 e. The first kappa shape index (κ1) is 18.3. The van der Waals surface area contributed by atoms with Crippen LogP contribution < -0.4 is 10.1 Å². The second-order valence-corrected chi connectivity index (χ2v) is 8.42. The molecule has 0 aromatic heterocycles. The van der Waals surface area contributed by atoms with Crippen LogP contribution in [0.5, 0.6) is 5.75 Å². The number of methoxy groups -OCH3 is 1. The smallest absolute Gasteiger partial charge is 0.325 e. The minimum absolute atomic E-state index is 0.0282. The Bertz CT molecular complexity index is 775. The SMILES string of the molecule is CCS(=O)(=O)CCN1C(=O)N[C@](C)(c2cc(C)ccc2OC)C1=O. The fourth-order valence-corrected chi connectivity index (χ4v) is 3.42. The molecule has 0 spiro atoms. The van der Waals surface area contributed by atoms with Crippen molar-refractivity contribution in [3.05, 3.63) is 29.3 Å². The molecule has 0 unspecified atom stereocenters. The summed E-state index contributed by atoms with van der Waals surface area (Å²) in [4.78, 5) is 26.0. The number of sulfone groups is 1. The van der Waals surface area contributed by atoms with Gasteiger partial charge >= 0.3 is 6.03 Å². The lowest BCUT2D eigenvalue weighted by Crippen LogP contribution is -2.41. The van der Waals surface area contributed by atoms with Crippen molar-refractivity contribution in [2.75, 3.05) is 25.2 Å². The first-order valence-corrected chi connectivity index (χ1v) is 9.46. The lowest BCUT2D eigenvalue weighted by molar-refractivity contribution is -0.130. The molecule has 3 amide bonds. The van der Waals surface area contributed by atoms with E-state index < -0.39 is 27.3 Å². The molecule has 1 aliphatic rings. The Kier molecular flexibility index (Phi) is 4.89. The molecule has 0 bridgehead atoms. The summed E-state index contributed by atoms with van der Waals surface area (Å²) in [6.07, 6.45) is 0. The molecule has 7 nitrogen and oxygen atoms in total. The van der Waals surface area contributed by atoms with Gasteiger partial charge in [-0.2, -0.15) is 0 Å². The molecule has 1 aliphatic heterocycles. The van der Waals surface area contributed by atoms with Crippen LogP contribution in [0.15, 0.2) is 18.2 Å². The van der Waals surface area contributed by atoms with Gasteiger partial charge in [0, 0.05) is 17.9 Å². The van der Waals surface area contributed by atoms with Crippen LogP contribution in [0.3, 0.4) is 0 Å². The number of nitrogens with one attached hydrogen (secondary N) is 1. The van der Waals surface area contributed by atoms with Crippen molar-refractivity contribution in [2.24, 2.45) is 0 Å². The molecule has 1 fully saturated rings. The number of hydrogen-bond donors (Lipinski definition) is 1. The van der Waals surface area contributed by atoms with Crippen LogP contribution in [0.4, 0.5) is 4.79 Å². The van der Waals surface area contributed by atoms with E-state index in [0.29, 0.717) is 11.3 Å². The molecule has 1 aromatic rings. The number of carbonyl (C=O) groups is 2. The third-order valence-electron chi connectivity index (χ3n) is 4.23. The van der Waals surface area contributed by atoms with E-state index >= 15 is 0 Å². The zero-order chi connectivity index (χ0) is 18.1. The Morgan fingerprint density at radius 1 is 1.29 bits per heavy atom. The third-order valence-corrected chi connectivity index (χ3v) is 5.92. The molecule has 0 saturated carbocycles. The molecule has 24 heavy (non-hydrogen) atoms. The number of imide groups is 1. The van der Waals surface area contributed by atoms with Crippen molar-refractivity contribution in [1.29, 1.82) is 0 Å². The van der Waals surface area contributed by atoms with Crippen molar-refractivity contribution in [2.45, 2.75) is 26.3 Å². The van der Waals surface area contributed by atoms with Crippen LogP contribution in [0.1, 0.15) is 25.0 Å². The summed E-state index contributed by atoms with van der Waals surface area (Å²) in [6, 6.07) is 4.76. The summed E-state index contributed by atoms with van der Waals surface area (Å²) in [6.45, 7) is 4.84. The summed E-state index contributed by atoms with van der Waals surface area (Å²) in [7, 11) is -1.78. The first-order chi connectivity index (χ1) is 11.1. The molecular weight excluding hydrogens is 332 g/mol. The normalized spacial score (nSPS) is 21.1. The van der Waals surface area contributed by atoms with Crippen LogP contribution in [-0.4, -0.2) is 50.4 Å². The molecular formula is C16H22N2O5S. The summed E-state index contributed by atoms with van der Waals surface area (Å²) < 4.78 is 28.6. The zero-order valence-electron chi connectivity index (χ0n) is 14.3. The highest BCUT2D eigenvalue weighted by Gasteiger charge is 2.50. The van der Waals surface area contributed by atoms with E-state index in [-0.39, 0.29) is 18.1 Å². The van der Waals surface area contributed by atoms with Gasteiger partial charge in [0.1, 0.15) is 11.3 Å². The maximum Gasteiger partial charge on any atom is 0.325 e. The Morgan fingerprint density at radius 2 is 1.96 bits per heavy atom. The van der Waals surface area contributed by atoms with Crippen molar-refractivity contribution in [3.8, 4) is 5.75 Å². The van der Waals surface area contributed by atoms with E-state index in [1.54, 1.807) is 19.1 Å². The van der Waals surface area contributed by atoms with Crippen LogP contribution in [0.25, 0.3) is 0 Å². The topological polar surface area (TPSA) is 92.8 Å². The van der Waals surface area contributed by atoms with Gasteiger partial charge in [0.25, 0.3) is 5.91 Å². The predicted octanol–water partition coefficient (Wildman–Crippen LogP) is 1.21. The van der Waals surface area contributed by atoms with Gasteiger partial charge < -0.3 is 10.1 Å². The maximum absolute atomic E-state index is 12.8. The van der Waals surface area contributed by atoms with Gasteiger partial charge in [0.05, 0.1) is 12.9 Å². The van der Waals surface area contributed by atoms with Crippen molar-refractivity contribution >= 4 is 21.8 Å². The van der Waals surface area contributed by atoms with E-state index in [1.807, 2.05) is 13.0 Å². The summed E-state index contributed by atoms with van der Waals surface area (Å²) in [5.41, 5.74) is 0.176. The van der Waals surface area contributed by atoms with Gasteiger partial charge in [-0.3, -0.25) is 9.69 Å². The number of ether oxygens (including phenoxy) is 1. The van der Waals surface area contributed by atoms with Crippen molar-refractivity contribution in [1.82, 2.24) is 10.2 Å². The average molecular weight is 354 g/mol. The summed E-state index contributed by atoms with van der Waals surface area (Å²) in [5, 5.41) is 2.67. The van der Waals surface area contributed by atoms with Gasteiger partial charge in [-0.15, -0.1) is 0 Å². The van der Waals surface area contributed by atoms with Crippen molar-refractivity contribution in [3.63, 3.8) is 0 Å². The quantitative estimate of drug-likeness (QED) is 0.775. The number of rotatable bonds is 6. The van der Waals surface area contributed by atoms with Crippen LogP contribution in [0.2, 0.25) is 0 Å². The van der Waals surface area contributed by atoms with E-state index in [4.69, 9.17) is 4.74 Å². The van der Waals surface area contributed by atoms with Gasteiger partial charge in [-0.25, -0.2) is 13.2 Å². The molecule has 0 radical (unpaired) electrons. The number of carbonyl (C=O) groups excluding carboxylic acids is 2. The Balaban J connectivity index is 2.35. The number of amides is 3. The molecule has 8 heteroatoms. The highest BCUT2D eigenvalue weighted by atomic mass is 32.2. The Morgan fingerprint density at radius 3 is 2.54 bits per heavy atom. The molecule has 132 valence electrons. The predicted molar refractivity (Wildman–Crippen MR) is 89.7 cm³/mol. The highest BCUT2D eigenvalue weighted by molar-refractivity contribution is 7.91. The van der Waals surface area contributed by atoms with Gasteiger partial charge in [0.15, 0.2) is 9.84 Å². The number of benzene rings is 1. The average Bonchev–Trinajstić information content (AvgIpc) is 2.76. The second-order valence-electron chi connectivity index (χ2n) is 5.95. The molecule has 1 saturated heterocycles. The molecule has 1 atom stereocenters. The van der Waals surface area contributed by atoms with Crippen molar-refractivity contribution < 1.29 is 22.7 Å². The minimum Gasteiger partial charge on any atom is -0.496 e. The lowest BCUT2D eigenvalue weighted by Gasteiger charge is -2.24. The molecule has 1 N–H and O–H groups in total. The summed E-state index contributed by atoms with van der Waals surface area (Å²) in [5.74, 6) is -0.272. The van der Waals surface area contributed by atoms with E-state index in [2.05, 4.69) is 5.32 Å². The van der Waals surface area contributed by atoms with Crippen LogP contribution >= 0.6 is 0 Å².